The van der Waals surface area contributed by atoms with Crippen molar-refractivity contribution in [2.75, 3.05) is 0 Å². The summed E-state index contributed by atoms with van der Waals surface area (Å²) in [6.07, 6.45) is 0. The molecule has 0 bridgehead atoms. The monoisotopic (exact) mass is 512 g/mol. The molecule has 12 heavy (non-hydrogen) atoms. The summed E-state index contributed by atoms with van der Waals surface area (Å²) in [5.41, 5.74) is 0. The molecular formula is C8H3I3S. The average Bonchev–Trinajstić information content (AvgIpc) is 2.35. The number of benzene rings is 1. The third kappa shape index (κ3) is 1.76. The number of halogens is 3. The molecule has 1 aromatic heterocycles. The van der Waals surface area contributed by atoms with E-state index in [4.69, 9.17) is 0 Å². The van der Waals surface area contributed by atoms with E-state index < -0.39 is 0 Å². The summed E-state index contributed by atoms with van der Waals surface area (Å²) in [5.74, 6) is 0. The second-order valence-corrected chi connectivity index (χ2v) is 6.74. The molecule has 4 heteroatoms. The Labute approximate surface area is 116 Å². The van der Waals surface area contributed by atoms with Crippen molar-refractivity contribution in [2.45, 2.75) is 0 Å². The highest BCUT2D eigenvalue weighted by atomic mass is 127. The number of fused-ring (bicyclic) bond motifs is 1. The van der Waals surface area contributed by atoms with Gasteiger partial charge in [0, 0.05) is 26.2 Å². The molecule has 0 spiro atoms. The molecule has 0 nitrogen and oxygen atoms in total. The van der Waals surface area contributed by atoms with Gasteiger partial charge in [-0.15, -0.1) is 11.3 Å². The maximum Gasteiger partial charge on any atom is 0.0365 e. The highest BCUT2D eigenvalue weighted by Gasteiger charge is 2.04. The molecule has 1 heterocycles. The van der Waals surface area contributed by atoms with Crippen molar-refractivity contribution >= 4 is 89.2 Å². The van der Waals surface area contributed by atoms with Crippen LogP contribution < -0.4 is 0 Å². The molecule has 0 aliphatic heterocycles. The van der Waals surface area contributed by atoms with E-state index >= 15 is 0 Å². The molecule has 0 saturated carbocycles. The molecule has 0 amide bonds. The van der Waals surface area contributed by atoms with Crippen LogP contribution in [-0.2, 0) is 0 Å². The SMILES string of the molecule is Ic1cc2scc(I)c2cc1I. The number of hydrogen-bond acceptors (Lipinski definition) is 1. The second kappa shape index (κ2) is 3.85. The smallest absolute Gasteiger partial charge is 0.0365 e. The Kier molecular flexibility index (Phi) is 3.18. The lowest BCUT2D eigenvalue weighted by Crippen LogP contribution is -1.77. The Morgan fingerprint density at radius 3 is 2.33 bits per heavy atom. The number of rotatable bonds is 0. The summed E-state index contributed by atoms with van der Waals surface area (Å²) in [6, 6.07) is 4.51. The molecule has 1 aromatic carbocycles. The van der Waals surface area contributed by atoms with Crippen molar-refractivity contribution in [3.05, 3.63) is 28.2 Å². The van der Waals surface area contributed by atoms with Gasteiger partial charge in [-0.2, -0.15) is 0 Å². The molecule has 0 aliphatic carbocycles. The van der Waals surface area contributed by atoms with E-state index in [1.54, 1.807) is 0 Å². The molecule has 0 N–H and O–H groups in total. The van der Waals surface area contributed by atoms with Crippen molar-refractivity contribution in [1.29, 1.82) is 0 Å². The maximum atomic E-state index is 2.39. The quantitative estimate of drug-likeness (QED) is 0.449. The topological polar surface area (TPSA) is 0 Å². The Balaban J connectivity index is 2.87. The molecule has 2 aromatic rings. The standard InChI is InChI=1S/C8H3I3S/c9-5-1-4-7(11)3-12-8(4)2-6(5)10/h1-3H. The van der Waals surface area contributed by atoms with Crippen LogP contribution in [0.25, 0.3) is 10.1 Å². The van der Waals surface area contributed by atoms with Crippen molar-refractivity contribution in [1.82, 2.24) is 0 Å². The van der Waals surface area contributed by atoms with E-state index in [2.05, 4.69) is 85.3 Å². The van der Waals surface area contributed by atoms with Crippen LogP contribution in [0.15, 0.2) is 17.5 Å². The zero-order valence-electron chi connectivity index (χ0n) is 5.77. The highest BCUT2D eigenvalue weighted by Crippen LogP contribution is 2.31. The molecule has 0 unspecified atom stereocenters. The normalized spacial score (nSPS) is 10.9. The fourth-order valence-electron chi connectivity index (χ4n) is 0.991. The Bertz CT molecular complexity index is 433. The average molecular weight is 512 g/mol. The van der Waals surface area contributed by atoms with Gasteiger partial charge in [-0.1, -0.05) is 0 Å². The lowest BCUT2D eigenvalue weighted by molar-refractivity contribution is 1.67. The number of thiophene rings is 1. The van der Waals surface area contributed by atoms with Crippen LogP contribution in [0.2, 0.25) is 0 Å². The van der Waals surface area contributed by atoms with Gasteiger partial charge < -0.3 is 0 Å². The largest absolute Gasteiger partial charge is 0.143 e. The molecular weight excluding hydrogens is 509 g/mol. The van der Waals surface area contributed by atoms with Crippen LogP contribution in [0, 0.1) is 10.7 Å². The molecule has 0 radical (unpaired) electrons. The third-order valence-electron chi connectivity index (χ3n) is 1.57. The van der Waals surface area contributed by atoms with Crippen molar-refractivity contribution in [3.63, 3.8) is 0 Å². The van der Waals surface area contributed by atoms with Gasteiger partial charge in [-0.05, 0) is 79.9 Å². The first-order chi connectivity index (χ1) is 5.68. The van der Waals surface area contributed by atoms with Crippen molar-refractivity contribution < 1.29 is 0 Å². The van der Waals surface area contributed by atoms with E-state index in [0.29, 0.717) is 0 Å². The molecule has 62 valence electrons. The molecule has 0 aliphatic rings. The summed E-state index contributed by atoms with van der Waals surface area (Å²) in [5, 5.41) is 3.60. The van der Waals surface area contributed by atoms with Crippen molar-refractivity contribution in [3.8, 4) is 0 Å². The first kappa shape index (κ1) is 9.91. The number of hydrogen-bond donors (Lipinski definition) is 0. The first-order valence-electron chi connectivity index (χ1n) is 3.20. The molecule has 0 atom stereocenters. The van der Waals surface area contributed by atoms with Crippen molar-refractivity contribution in [2.24, 2.45) is 0 Å². The van der Waals surface area contributed by atoms with Crippen LogP contribution in [0.3, 0.4) is 0 Å². The molecule has 2 rings (SSSR count). The van der Waals surface area contributed by atoms with Crippen LogP contribution >= 0.6 is 79.1 Å². The van der Waals surface area contributed by atoms with Crippen LogP contribution in [0.4, 0.5) is 0 Å². The van der Waals surface area contributed by atoms with E-state index in [1.165, 1.54) is 20.8 Å². The fourth-order valence-corrected chi connectivity index (χ4v) is 3.99. The van der Waals surface area contributed by atoms with E-state index in [9.17, 15) is 0 Å². The van der Waals surface area contributed by atoms with Gasteiger partial charge in [0.25, 0.3) is 0 Å². The highest BCUT2D eigenvalue weighted by molar-refractivity contribution is 14.1. The Morgan fingerprint density at radius 2 is 1.58 bits per heavy atom. The Morgan fingerprint density at radius 1 is 0.917 bits per heavy atom. The van der Waals surface area contributed by atoms with Crippen LogP contribution in [0.1, 0.15) is 0 Å². The fraction of sp³-hybridized carbons (Fsp3) is 0. The first-order valence-corrected chi connectivity index (χ1v) is 7.32. The van der Waals surface area contributed by atoms with Gasteiger partial charge in [0.15, 0.2) is 0 Å². The minimum atomic E-state index is 1.34. The van der Waals surface area contributed by atoms with Crippen LogP contribution in [-0.4, -0.2) is 0 Å². The third-order valence-corrected chi connectivity index (χ3v) is 6.65. The minimum Gasteiger partial charge on any atom is -0.143 e. The lowest BCUT2D eigenvalue weighted by atomic mass is 10.3. The maximum absolute atomic E-state index is 2.39. The predicted molar refractivity (Wildman–Crippen MR) is 80.0 cm³/mol. The zero-order chi connectivity index (χ0) is 8.72. The van der Waals surface area contributed by atoms with E-state index in [1.807, 2.05) is 11.3 Å². The van der Waals surface area contributed by atoms with Gasteiger partial charge >= 0.3 is 0 Å². The van der Waals surface area contributed by atoms with Gasteiger partial charge in [0.05, 0.1) is 0 Å². The lowest BCUT2D eigenvalue weighted by Gasteiger charge is -1.96. The summed E-state index contributed by atoms with van der Waals surface area (Å²) in [7, 11) is 0. The van der Waals surface area contributed by atoms with Gasteiger partial charge in [0.1, 0.15) is 0 Å². The van der Waals surface area contributed by atoms with E-state index in [-0.39, 0.29) is 0 Å². The van der Waals surface area contributed by atoms with Crippen LogP contribution in [0.5, 0.6) is 0 Å². The summed E-state index contributed by atoms with van der Waals surface area (Å²) in [4.78, 5) is 0. The van der Waals surface area contributed by atoms with Gasteiger partial charge in [-0.3, -0.25) is 0 Å². The minimum absolute atomic E-state index is 1.34. The van der Waals surface area contributed by atoms with E-state index in [0.717, 1.165) is 0 Å². The predicted octanol–water partition coefficient (Wildman–Crippen LogP) is 4.72. The zero-order valence-corrected chi connectivity index (χ0v) is 13.1. The summed E-state index contributed by atoms with van der Waals surface area (Å²) < 4.78 is 5.45. The molecule has 0 saturated heterocycles. The second-order valence-electron chi connectivity index (χ2n) is 2.35. The van der Waals surface area contributed by atoms with Gasteiger partial charge in [-0.25, -0.2) is 0 Å². The van der Waals surface area contributed by atoms with Gasteiger partial charge in [0.2, 0.25) is 0 Å². The summed E-state index contributed by atoms with van der Waals surface area (Å²) in [6.45, 7) is 0. The summed E-state index contributed by atoms with van der Waals surface area (Å²) >= 11 is 8.97. The molecule has 0 fully saturated rings. The Hall–Kier alpha value is 1.37.